The molecule has 0 spiro atoms. The fourth-order valence-corrected chi connectivity index (χ4v) is 6.19. The fraction of sp³-hybridized carbons (Fsp3) is 0.729. The molecule has 0 aliphatic rings. The second-order valence-corrected chi connectivity index (χ2v) is 15.9. The number of carboxylic acid groups (broad SMARTS) is 1. The maximum atomic E-state index is 12.7. The molecule has 0 aromatic heterocycles. The zero-order valence-corrected chi connectivity index (χ0v) is 36.6. The minimum Gasteiger partial charge on any atom is -0.477 e. The van der Waals surface area contributed by atoms with E-state index < -0.39 is 18.1 Å². The summed E-state index contributed by atoms with van der Waals surface area (Å²) in [5.41, 5.74) is 0. The van der Waals surface area contributed by atoms with Crippen LogP contribution >= 0.6 is 0 Å². The van der Waals surface area contributed by atoms with Gasteiger partial charge >= 0.3 is 17.9 Å². The third-order valence-corrected chi connectivity index (χ3v) is 9.65. The van der Waals surface area contributed by atoms with E-state index in [-0.39, 0.29) is 36.2 Å². The third-order valence-electron chi connectivity index (χ3n) is 9.65. The number of carbonyl (C=O) groups is 3. The van der Waals surface area contributed by atoms with Crippen LogP contribution in [-0.2, 0) is 28.6 Å². The van der Waals surface area contributed by atoms with Gasteiger partial charge in [0.25, 0.3) is 0 Å². The Morgan fingerprint density at radius 2 is 1.00 bits per heavy atom. The highest BCUT2D eigenvalue weighted by Gasteiger charge is 2.31. The van der Waals surface area contributed by atoms with Gasteiger partial charge in [0, 0.05) is 19.3 Å². The molecule has 0 radical (unpaired) electrons. The molecule has 0 aliphatic heterocycles. The van der Waals surface area contributed by atoms with E-state index in [1.807, 2.05) is 21.1 Å². The van der Waals surface area contributed by atoms with Gasteiger partial charge in [-0.25, -0.2) is 4.79 Å². The van der Waals surface area contributed by atoms with Gasteiger partial charge in [-0.3, -0.25) is 9.59 Å². The van der Waals surface area contributed by atoms with Gasteiger partial charge < -0.3 is 23.8 Å². The van der Waals surface area contributed by atoms with Crippen LogP contribution in [-0.4, -0.2) is 80.6 Å². The van der Waals surface area contributed by atoms with Crippen molar-refractivity contribution in [3.8, 4) is 0 Å². The molecule has 2 atom stereocenters. The van der Waals surface area contributed by atoms with E-state index in [9.17, 15) is 19.5 Å². The Kier molecular flexibility index (Phi) is 36.8. The van der Waals surface area contributed by atoms with Crippen molar-refractivity contribution in [3.63, 3.8) is 0 Å². The van der Waals surface area contributed by atoms with Crippen molar-refractivity contribution in [3.05, 3.63) is 60.8 Å². The second kappa shape index (κ2) is 38.9. The summed E-state index contributed by atoms with van der Waals surface area (Å²) in [7, 11) is 5.51. The van der Waals surface area contributed by atoms with Crippen LogP contribution in [0.25, 0.3) is 0 Å². The number of carboxylic acids is 1. The molecule has 56 heavy (non-hydrogen) atoms. The molecule has 0 bridgehead atoms. The lowest BCUT2D eigenvalue weighted by Crippen LogP contribution is -2.50. The first kappa shape index (κ1) is 53.0. The molecular formula is C48H84NO7+. The lowest BCUT2D eigenvalue weighted by molar-refractivity contribution is -0.887. The highest BCUT2D eigenvalue weighted by molar-refractivity contribution is 5.72. The molecule has 8 heteroatoms. The van der Waals surface area contributed by atoms with Crippen molar-refractivity contribution in [1.82, 2.24) is 0 Å². The standard InChI is InChI=1S/C48H83NO7/c1-6-8-10-12-14-16-18-20-21-22-23-24-25-27-28-30-32-34-36-38-46(50)55-43-44(42-54-41-40-45(48(52)53)49(3,4)5)56-47(51)39-37-35-33-31-29-26-19-17-15-13-11-9-7-2/h9,11,14-17,20-21,26,29,44-45H,6-8,10,12-13,18-19,22-25,27-28,30-43H2,1-5H3/p+1/b11-9-,16-14-,17-15-,21-20-,29-26-. The number of nitrogens with zero attached hydrogens (tertiary/aromatic N) is 1. The monoisotopic (exact) mass is 787 g/mol. The van der Waals surface area contributed by atoms with Crippen LogP contribution in [0.1, 0.15) is 174 Å². The lowest BCUT2D eigenvalue weighted by Gasteiger charge is -2.31. The highest BCUT2D eigenvalue weighted by Crippen LogP contribution is 2.14. The SMILES string of the molecule is CC/C=C\C/C=C\C/C=C\CCCCCC(=O)OC(COCCC(C(=O)O)[N+](C)(C)C)COC(=O)CCCCCCCCCCC/C=C\C/C=C\CCCCC. The molecule has 0 aromatic carbocycles. The first-order chi connectivity index (χ1) is 27.1. The molecule has 0 saturated heterocycles. The molecule has 0 heterocycles. The van der Waals surface area contributed by atoms with Gasteiger partial charge in [-0.15, -0.1) is 0 Å². The maximum absolute atomic E-state index is 12.7. The Balaban J connectivity index is 4.34. The topological polar surface area (TPSA) is 99.1 Å². The number of allylic oxidation sites excluding steroid dienone is 10. The highest BCUT2D eigenvalue weighted by atomic mass is 16.6. The number of likely N-dealkylation sites (N-methyl/N-ethyl adjacent to an activating group) is 1. The maximum Gasteiger partial charge on any atom is 0.362 e. The zero-order chi connectivity index (χ0) is 41.4. The summed E-state index contributed by atoms with van der Waals surface area (Å²) in [4.78, 5) is 37.0. The Labute approximate surface area is 343 Å². The summed E-state index contributed by atoms with van der Waals surface area (Å²) in [5, 5.41) is 9.61. The largest absolute Gasteiger partial charge is 0.477 e. The Bertz CT molecular complexity index is 1100. The van der Waals surface area contributed by atoms with Crippen LogP contribution in [0.2, 0.25) is 0 Å². The van der Waals surface area contributed by atoms with E-state index in [0.717, 1.165) is 70.6 Å². The van der Waals surface area contributed by atoms with Crippen molar-refractivity contribution >= 4 is 17.9 Å². The average molecular weight is 787 g/mol. The van der Waals surface area contributed by atoms with Gasteiger partial charge in [-0.2, -0.15) is 0 Å². The van der Waals surface area contributed by atoms with Crippen LogP contribution in [0.4, 0.5) is 0 Å². The Hall–Kier alpha value is -2.97. The summed E-state index contributed by atoms with van der Waals surface area (Å²) in [6, 6.07) is -0.622. The summed E-state index contributed by atoms with van der Waals surface area (Å²) < 4.78 is 17.2. The van der Waals surface area contributed by atoms with E-state index in [1.54, 1.807) is 0 Å². The zero-order valence-electron chi connectivity index (χ0n) is 36.6. The third kappa shape index (κ3) is 36.7. The molecule has 0 aliphatic carbocycles. The quantitative estimate of drug-likeness (QED) is 0.0287. The number of aliphatic carboxylic acids is 1. The van der Waals surface area contributed by atoms with Gasteiger partial charge in [0.05, 0.1) is 34.4 Å². The number of esters is 2. The Morgan fingerprint density at radius 3 is 1.50 bits per heavy atom. The van der Waals surface area contributed by atoms with E-state index in [0.29, 0.717) is 19.3 Å². The molecular weight excluding hydrogens is 703 g/mol. The van der Waals surface area contributed by atoms with Crippen LogP contribution in [0.15, 0.2) is 60.8 Å². The Morgan fingerprint density at radius 1 is 0.554 bits per heavy atom. The van der Waals surface area contributed by atoms with E-state index in [4.69, 9.17) is 14.2 Å². The predicted molar refractivity (Wildman–Crippen MR) is 234 cm³/mol. The van der Waals surface area contributed by atoms with Crippen LogP contribution in [0, 0.1) is 0 Å². The summed E-state index contributed by atoms with van der Waals surface area (Å²) in [6.45, 7) is 4.55. The van der Waals surface area contributed by atoms with Gasteiger partial charge in [-0.1, -0.05) is 139 Å². The molecule has 0 rings (SSSR count). The number of carbonyl (C=O) groups excluding carboxylic acids is 2. The normalized spacial score (nSPS) is 13.5. The number of hydrogen-bond acceptors (Lipinski definition) is 6. The van der Waals surface area contributed by atoms with Gasteiger partial charge in [-0.05, 0) is 77.0 Å². The van der Waals surface area contributed by atoms with Gasteiger partial charge in [0.1, 0.15) is 6.61 Å². The van der Waals surface area contributed by atoms with Gasteiger partial charge in [0.2, 0.25) is 0 Å². The molecule has 8 nitrogen and oxygen atoms in total. The second-order valence-electron chi connectivity index (χ2n) is 15.9. The fourth-order valence-electron chi connectivity index (χ4n) is 6.19. The summed E-state index contributed by atoms with van der Waals surface area (Å²) in [6.07, 6.45) is 46.9. The van der Waals surface area contributed by atoms with Gasteiger partial charge in [0.15, 0.2) is 12.1 Å². The smallest absolute Gasteiger partial charge is 0.362 e. The summed E-state index contributed by atoms with van der Waals surface area (Å²) >= 11 is 0. The van der Waals surface area contributed by atoms with E-state index in [1.165, 1.54) is 70.6 Å². The van der Waals surface area contributed by atoms with Crippen LogP contribution in [0.3, 0.4) is 0 Å². The predicted octanol–water partition coefficient (Wildman–Crippen LogP) is 12.2. The first-order valence-corrected chi connectivity index (χ1v) is 22.3. The number of hydrogen-bond donors (Lipinski definition) is 1. The molecule has 0 fully saturated rings. The van der Waals surface area contributed by atoms with E-state index >= 15 is 0 Å². The van der Waals surface area contributed by atoms with Crippen LogP contribution in [0.5, 0.6) is 0 Å². The minimum absolute atomic E-state index is 0.0458. The molecule has 322 valence electrons. The average Bonchev–Trinajstić information content (AvgIpc) is 3.15. The number of rotatable bonds is 39. The van der Waals surface area contributed by atoms with Crippen molar-refractivity contribution in [2.24, 2.45) is 0 Å². The van der Waals surface area contributed by atoms with Crippen molar-refractivity contribution < 1.29 is 38.2 Å². The summed E-state index contributed by atoms with van der Waals surface area (Å²) in [5.74, 6) is -1.52. The van der Waals surface area contributed by atoms with Crippen LogP contribution < -0.4 is 0 Å². The molecule has 0 saturated carbocycles. The lowest BCUT2D eigenvalue weighted by atomic mass is 10.1. The number of quaternary nitrogens is 1. The molecule has 0 amide bonds. The number of ether oxygens (including phenoxy) is 3. The van der Waals surface area contributed by atoms with Crippen molar-refractivity contribution in [2.75, 3.05) is 41.0 Å². The van der Waals surface area contributed by atoms with E-state index in [2.05, 4.69) is 74.6 Å². The van der Waals surface area contributed by atoms with Crippen molar-refractivity contribution in [2.45, 2.75) is 187 Å². The molecule has 2 unspecified atom stereocenters. The minimum atomic E-state index is -0.883. The first-order valence-electron chi connectivity index (χ1n) is 22.3. The molecule has 1 N–H and O–H groups in total. The number of unbranched alkanes of at least 4 members (excludes halogenated alkanes) is 15. The molecule has 0 aromatic rings. The van der Waals surface area contributed by atoms with Crippen molar-refractivity contribution in [1.29, 1.82) is 0 Å².